The minimum atomic E-state index is -1.20. The number of ether oxygens (including phenoxy) is 4. The molecule has 2 N–H and O–H groups in total. The fourth-order valence-electron chi connectivity index (χ4n) is 7.39. The molecule has 0 radical (unpaired) electrons. The van der Waals surface area contributed by atoms with Crippen LogP contribution in [0.2, 0.25) is 0 Å². The van der Waals surface area contributed by atoms with Crippen LogP contribution >= 0.6 is 0 Å². The van der Waals surface area contributed by atoms with E-state index < -0.39 is 22.8 Å². The molecule has 2 aliphatic carbocycles. The van der Waals surface area contributed by atoms with E-state index in [1.807, 2.05) is 33.4 Å². The number of carboxylic acid groups (broad SMARTS) is 2. The van der Waals surface area contributed by atoms with Crippen LogP contribution in [0.15, 0.2) is 58.4 Å². The Kier molecular flexibility index (Phi) is 10.3. The van der Waals surface area contributed by atoms with Gasteiger partial charge in [-0.25, -0.2) is 9.59 Å². The molecule has 8 rings (SSSR count). The van der Waals surface area contributed by atoms with Gasteiger partial charge in [-0.1, -0.05) is 13.8 Å². The number of aromatic carboxylic acids is 2. The zero-order valence-electron chi connectivity index (χ0n) is 31.1. The third-order valence-corrected chi connectivity index (χ3v) is 10.9. The number of benzene rings is 2. The Bertz CT molecular complexity index is 2070. The molecule has 0 unspecified atom stereocenters. The summed E-state index contributed by atoms with van der Waals surface area (Å²) in [7, 11) is 3.20. The molecule has 2 aromatic heterocycles. The average molecular weight is 739 g/mol. The largest absolute Gasteiger partial charge is 0.493 e. The lowest BCUT2D eigenvalue weighted by atomic mass is 9.90. The summed E-state index contributed by atoms with van der Waals surface area (Å²) in [4.78, 5) is 47.3. The molecule has 12 nitrogen and oxygen atoms in total. The molecule has 0 spiro atoms. The van der Waals surface area contributed by atoms with Crippen molar-refractivity contribution in [3.05, 3.63) is 91.5 Å². The quantitative estimate of drug-likeness (QED) is 0.155. The first kappa shape index (κ1) is 36.8. The van der Waals surface area contributed by atoms with E-state index in [0.717, 1.165) is 70.8 Å². The first-order valence-electron chi connectivity index (χ1n) is 18.7. The molecule has 2 saturated carbocycles. The number of carbonyl (C=O) groups is 2. The van der Waals surface area contributed by atoms with Gasteiger partial charge in [-0.3, -0.25) is 9.59 Å². The topological polar surface area (TPSA) is 156 Å². The van der Waals surface area contributed by atoms with E-state index in [4.69, 9.17) is 18.9 Å². The number of nitrogens with zero attached hydrogens (tertiary/aromatic N) is 2. The predicted octanol–water partition coefficient (Wildman–Crippen LogP) is 7.04. The van der Waals surface area contributed by atoms with Crippen molar-refractivity contribution in [1.29, 1.82) is 0 Å². The fraction of sp³-hybridized carbons (Fsp3) is 0.429. The van der Waals surface area contributed by atoms with Gasteiger partial charge in [-0.2, -0.15) is 0 Å². The summed E-state index contributed by atoms with van der Waals surface area (Å²) in [5.41, 5.74) is 4.07. The van der Waals surface area contributed by atoms with E-state index in [-0.39, 0.29) is 23.2 Å². The third kappa shape index (κ3) is 7.34. The molecular weight excluding hydrogens is 692 g/mol. The van der Waals surface area contributed by atoms with Crippen molar-refractivity contribution >= 4 is 11.9 Å². The molecule has 0 saturated heterocycles. The number of fused-ring (bicyclic) bond motifs is 6. The monoisotopic (exact) mass is 738 g/mol. The summed E-state index contributed by atoms with van der Waals surface area (Å²) in [5.74, 6) is 1.61. The van der Waals surface area contributed by atoms with Crippen molar-refractivity contribution in [2.75, 3.05) is 27.4 Å². The van der Waals surface area contributed by atoms with Gasteiger partial charge in [0, 0.05) is 47.7 Å². The molecule has 54 heavy (non-hydrogen) atoms. The summed E-state index contributed by atoms with van der Waals surface area (Å²) in [6, 6.07) is 10.9. The van der Waals surface area contributed by atoms with Crippen molar-refractivity contribution in [1.82, 2.24) is 9.13 Å². The zero-order chi connectivity index (χ0) is 38.3. The van der Waals surface area contributed by atoms with Crippen LogP contribution in [-0.4, -0.2) is 58.7 Å². The highest BCUT2D eigenvalue weighted by Gasteiger charge is 2.30. The summed E-state index contributed by atoms with van der Waals surface area (Å²) >= 11 is 0. The third-order valence-electron chi connectivity index (χ3n) is 10.9. The lowest BCUT2D eigenvalue weighted by Crippen LogP contribution is -2.25. The van der Waals surface area contributed by atoms with E-state index in [9.17, 15) is 29.4 Å². The van der Waals surface area contributed by atoms with Crippen LogP contribution in [0.25, 0.3) is 22.5 Å². The smallest absolute Gasteiger partial charge is 0.341 e. The zero-order valence-corrected chi connectivity index (χ0v) is 31.1. The minimum absolute atomic E-state index is 0.0934. The highest BCUT2D eigenvalue weighted by atomic mass is 16.5. The second-order valence-corrected chi connectivity index (χ2v) is 14.7. The summed E-state index contributed by atoms with van der Waals surface area (Å²) in [6.07, 6.45) is 11.0. The first-order chi connectivity index (χ1) is 26.0. The van der Waals surface area contributed by atoms with Crippen LogP contribution in [0.5, 0.6) is 23.0 Å². The molecule has 12 heteroatoms. The molecule has 2 aromatic carbocycles. The number of aromatic nitrogens is 2. The van der Waals surface area contributed by atoms with Crippen molar-refractivity contribution < 1.29 is 38.7 Å². The Morgan fingerprint density at radius 2 is 1.02 bits per heavy atom. The van der Waals surface area contributed by atoms with E-state index >= 15 is 0 Å². The Labute approximate surface area is 312 Å². The van der Waals surface area contributed by atoms with Crippen LogP contribution in [0.1, 0.15) is 96.3 Å². The maximum absolute atomic E-state index is 12.3. The highest BCUT2D eigenvalue weighted by Crippen LogP contribution is 2.44. The van der Waals surface area contributed by atoms with Gasteiger partial charge in [0.1, 0.15) is 11.1 Å². The summed E-state index contributed by atoms with van der Waals surface area (Å²) < 4.78 is 26.8. The molecule has 4 heterocycles. The van der Waals surface area contributed by atoms with Gasteiger partial charge in [-0.15, -0.1) is 0 Å². The van der Waals surface area contributed by atoms with Crippen LogP contribution in [0.4, 0.5) is 0 Å². The van der Waals surface area contributed by atoms with Gasteiger partial charge in [-0.05, 0) is 98.6 Å². The number of carboxylic acids is 2. The second kappa shape index (κ2) is 15.1. The van der Waals surface area contributed by atoms with Crippen molar-refractivity contribution in [3.63, 3.8) is 0 Å². The fourth-order valence-corrected chi connectivity index (χ4v) is 7.39. The minimum Gasteiger partial charge on any atom is -0.493 e. The number of methoxy groups -OCH3 is 2. The van der Waals surface area contributed by atoms with Crippen LogP contribution in [-0.2, 0) is 12.8 Å². The van der Waals surface area contributed by atoms with E-state index in [1.54, 1.807) is 14.2 Å². The number of rotatable bonds is 12. The van der Waals surface area contributed by atoms with Crippen molar-refractivity contribution in [2.45, 2.75) is 77.3 Å². The Hall–Kier alpha value is -5.52. The number of hydrogen-bond acceptors (Lipinski definition) is 8. The maximum Gasteiger partial charge on any atom is 0.341 e. The van der Waals surface area contributed by atoms with Gasteiger partial charge in [0.2, 0.25) is 0 Å². The molecule has 2 atom stereocenters. The summed E-state index contributed by atoms with van der Waals surface area (Å²) in [6.45, 7) is 5.52. The lowest BCUT2D eigenvalue weighted by Gasteiger charge is -2.31. The maximum atomic E-state index is 12.3. The molecule has 4 aromatic rings. The van der Waals surface area contributed by atoms with Gasteiger partial charge in [0.25, 0.3) is 0 Å². The average Bonchev–Trinajstić information content (AvgIpc) is 4.11. The first-order valence-corrected chi connectivity index (χ1v) is 18.7. The van der Waals surface area contributed by atoms with E-state index in [1.165, 1.54) is 50.2 Å². The molecule has 0 amide bonds. The molecule has 284 valence electrons. The Balaban J connectivity index is 0.000000167. The molecule has 2 aliphatic heterocycles. The molecule has 2 fully saturated rings. The van der Waals surface area contributed by atoms with Gasteiger partial charge < -0.3 is 38.3 Å². The van der Waals surface area contributed by atoms with Gasteiger partial charge >= 0.3 is 11.9 Å². The van der Waals surface area contributed by atoms with Gasteiger partial charge in [0.05, 0.1) is 38.8 Å². The van der Waals surface area contributed by atoms with Crippen LogP contribution in [0, 0.1) is 11.8 Å². The van der Waals surface area contributed by atoms with Crippen LogP contribution in [0.3, 0.4) is 0 Å². The summed E-state index contributed by atoms with van der Waals surface area (Å²) in [5, 5.41) is 18.6. The Morgan fingerprint density at radius 3 is 1.33 bits per heavy atom. The molecular formula is C42H46N2O10. The lowest BCUT2D eigenvalue weighted by molar-refractivity contribution is 0.0683. The SMILES string of the molecule is CC[C@@H]1Cc2cc(OCC3CC3)c(OC)cc2-c2cc(=O)c(C(=O)O)cn21.CC[C@H]1Cc2cc(OCC3CC3)c(OC)cc2-c2cc(=O)c(C(=O)O)cn21. The van der Waals surface area contributed by atoms with Crippen molar-refractivity contribution in [2.24, 2.45) is 11.8 Å². The second-order valence-electron chi connectivity index (χ2n) is 14.7. The standard InChI is InChI=1S/2C21H23NO5/c2*1-3-14-6-13-7-20(27-11-12-4-5-12)19(26-2)8-15(13)17-9-18(23)16(21(24)25)10-22(14)17/h2*7-10,12,14H,3-6,11H2,1-2H3,(H,24,25)/t2*14-/m10/s1. The van der Waals surface area contributed by atoms with Gasteiger partial charge in [0.15, 0.2) is 33.9 Å². The number of hydrogen-bond donors (Lipinski definition) is 2. The predicted molar refractivity (Wildman–Crippen MR) is 202 cm³/mol. The molecule has 0 bridgehead atoms. The Morgan fingerprint density at radius 1 is 0.630 bits per heavy atom. The molecule has 4 aliphatic rings. The highest BCUT2D eigenvalue weighted by molar-refractivity contribution is 5.88. The van der Waals surface area contributed by atoms with Crippen LogP contribution < -0.4 is 29.8 Å². The number of pyridine rings is 2. The normalized spacial score (nSPS) is 17.8. The van der Waals surface area contributed by atoms with Crippen molar-refractivity contribution in [3.8, 4) is 45.5 Å². The van der Waals surface area contributed by atoms with E-state index in [2.05, 4.69) is 13.8 Å². The van der Waals surface area contributed by atoms with E-state index in [0.29, 0.717) is 36.5 Å².